The number of aryl methyl sites for hydroxylation is 1. The third kappa shape index (κ3) is 2.58. The lowest BCUT2D eigenvalue weighted by Gasteiger charge is -2.51. The molecule has 2 nitrogen and oxygen atoms in total. The number of hydrogen-bond donors (Lipinski definition) is 2. The molecule has 0 spiro atoms. The molecule has 0 saturated heterocycles. The van der Waals surface area contributed by atoms with E-state index in [1.165, 1.54) is 37.7 Å². The molecule has 0 heterocycles. The van der Waals surface area contributed by atoms with Crippen LogP contribution in [0.1, 0.15) is 69.9 Å². The minimum absolute atomic E-state index is 0.437. The van der Waals surface area contributed by atoms with Crippen LogP contribution in [0.25, 0.3) is 0 Å². The smallest absolute Gasteiger partial charge is 0.115 e. The van der Waals surface area contributed by atoms with Crippen molar-refractivity contribution >= 4 is 0 Å². The van der Waals surface area contributed by atoms with Crippen molar-refractivity contribution in [3.05, 3.63) is 29.3 Å². The Hall–Kier alpha value is -1.02. The summed E-state index contributed by atoms with van der Waals surface area (Å²) in [6.45, 7) is 8.35. The highest BCUT2D eigenvalue weighted by Crippen LogP contribution is 2.60. The van der Waals surface area contributed by atoms with Crippen LogP contribution in [0.4, 0.5) is 0 Å². The Morgan fingerprint density at radius 3 is 2.83 bits per heavy atom. The van der Waals surface area contributed by atoms with Crippen molar-refractivity contribution in [3.63, 3.8) is 0 Å². The summed E-state index contributed by atoms with van der Waals surface area (Å²) in [6, 6.07) is 6.85. The maximum atomic E-state index is 9.81. The number of benzene rings is 1. The Bertz CT molecular complexity index is 610. The van der Waals surface area contributed by atoms with E-state index < -0.39 is 0 Å². The van der Waals surface area contributed by atoms with Gasteiger partial charge in [0, 0.05) is 6.04 Å². The van der Waals surface area contributed by atoms with Gasteiger partial charge in [0.15, 0.2) is 0 Å². The average molecular weight is 328 g/mol. The summed E-state index contributed by atoms with van der Waals surface area (Å²) in [5.74, 6) is 3.63. The quantitative estimate of drug-likeness (QED) is 0.831. The SMILES string of the molecule is CC(C)CNC1CCC2[C@@H]3CCc4cc(O)ccc4[C@H]3CC[C@]12C. The van der Waals surface area contributed by atoms with Crippen LogP contribution in [0.15, 0.2) is 18.2 Å². The summed E-state index contributed by atoms with van der Waals surface area (Å²) in [5, 5.41) is 13.7. The summed E-state index contributed by atoms with van der Waals surface area (Å²) >= 11 is 0. The predicted molar refractivity (Wildman–Crippen MR) is 99.4 cm³/mol. The molecule has 0 bridgehead atoms. The molecule has 2 fully saturated rings. The first kappa shape index (κ1) is 16.4. The van der Waals surface area contributed by atoms with Crippen molar-refractivity contribution in [2.24, 2.45) is 23.2 Å². The Balaban J connectivity index is 1.56. The van der Waals surface area contributed by atoms with Gasteiger partial charge >= 0.3 is 0 Å². The van der Waals surface area contributed by atoms with E-state index in [2.05, 4.69) is 32.2 Å². The summed E-state index contributed by atoms with van der Waals surface area (Å²) in [4.78, 5) is 0. The van der Waals surface area contributed by atoms with Gasteiger partial charge in [0.1, 0.15) is 5.75 Å². The fourth-order valence-corrected chi connectivity index (χ4v) is 6.28. The highest BCUT2D eigenvalue weighted by atomic mass is 16.3. The van der Waals surface area contributed by atoms with Crippen molar-refractivity contribution in [2.45, 2.75) is 71.3 Å². The van der Waals surface area contributed by atoms with Crippen LogP contribution >= 0.6 is 0 Å². The molecule has 5 atom stereocenters. The summed E-state index contributed by atoms with van der Waals surface area (Å²) < 4.78 is 0. The van der Waals surface area contributed by atoms with Gasteiger partial charge in [-0.25, -0.2) is 0 Å². The van der Waals surface area contributed by atoms with E-state index in [0.29, 0.717) is 17.2 Å². The number of phenols is 1. The molecule has 2 heteroatoms. The van der Waals surface area contributed by atoms with E-state index in [-0.39, 0.29) is 0 Å². The van der Waals surface area contributed by atoms with Gasteiger partial charge in [-0.05, 0) is 97.4 Å². The average Bonchev–Trinajstić information content (AvgIpc) is 2.89. The molecular weight excluding hydrogens is 294 g/mol. The number of fused-ring (bicyclic) bond motifs is 5. The lowest BCUT2D eigenvalue weighted by atomic mass is 9.55. The van der Waals surface area contributed by atoms with E-state index in [0.717, 1.165) is 36.6 Å². The van der Waals surface area contributed by atoms with Crippen molar-refractivity contribution in [1.29, 1.82) is 0 Å². The summed E-state index contributed by atoms with van der Waals surface area (Å²) in [5.41, 5.74) is 3.45. The molecule has 132 valence electrons. The van der Waals surface area contributed by atoms with E-state index in [9.17, 15) is 5.11 Å². The number of phenolic OH excluding ortho intramolecular Hbond substituents is 1. The molecule has 3 aliphatic rings. The number of rotatable bonds is 3. The van der Waals surface area contributed by atoms with Gasteiger partial charge in [-0.2, -0.15) is 0 Å². The second kappa shape index (κ2) is 6.05. The first-order chi connectivity index (χ1) is 11.5. The van der Waals surface area contributed by atoms with Gasteiger partial charge in [-0.1, -0.05) is 26.8 Å². The van der Waals surface area contributed by atoms with E-state index in [1.807, 2.05) is 12.1 Å². The van der Waals surface area contributed by atoms with E-state index in [1.54, 1.807) is 5.56 Å². The lowest BCUT2D eigenvalue weighted by molar-refractivity contribution is 0.0406. The standard InChI is InChI=1S/C22H33NO/c1-14(2)13-23-21-9-8-20-19-6-4-15-12-16(24)5-7-17(15)18(19)10-11-22(20,21)3/h5,7,12,14,18-21,23-24H,4,6,8-11,13H2,1-3H3/t18-,19-,20?,21?,22+/m1/s1. The van der Waals surface area contributed by atoms with Gasteiger partial charge in [0.25, 0.3) is 0 Å². The van der Waals surface area contributed by atoms with Crippen LogP contribution in [0.5, 0.6) is 5.75 Å². The Kier molecular flexibility index (Phi) is 4.15. The molecule has 0 aliphatic heterocycles. The van der Waals surface area contributed by atoms with Crippen molar-refractivity contribution in [3.8, 4) is 5.75 Å². The minimum Gasteiger partial charge on any atom is -0.508 e. The Morgan fingerprint density at radius 2 is 2.04 bits per heavy atom. The molecule has 1 aromatic rings. The maximum Gasteiger partial charge on any atom is 0.115 e. The normalized spacial score (nSPS) is 37.8. The molecule has 4 rings (SSSR count). The number of nitrogens with one attached hydrogen (secondary N) is 1. The monoisotopic (exact) mass is 327 g/mol. The lowest BCUT2D eigenvalue weighted by Crippen LogP contribution is -2.49. The minimum atomic E-state index is 0.437. The van der Waals surface area contributed by atoms with Crippen LogP contribution < -0.4 is 5.32 Å². The molecule has 24 heavy (non-hydrogen) atoms. The molecule has 0 aromatic heterocycles. The molecule has 2 unspecified atom stereocenters. The largest absolute Gasteiger partial charge is 0.508 e. The molecule has 2 saturated carbocycles. The van der Waals surface area contributed by atoms with E-state index >= 15 is 0 Å². The van der Waals surface area contributed by atoms with Crippen LogP contribution in [-0.2, 0) is 6.42 Å². The fourth-order valence-electron chi connectivity index (χ4n) is 6.28. The number of hydrogen-bond acceptors (Lipinski definition) is 2. The first-order valence-electron chi connectivity index (χ1n) is 10.0. The first-order valence-corrected chi connectivity index (χ1v) is 10.0. The fraction of sp³-hybridized carbons (Fsp3) is 0.727. The molecule has 0 radical (unpaired) electrons. The molecule has 0 amide bonds. The second-order valence-corrected chi connectivity index (χ2v) is 9.28. The van der Waals surface area contributed by atoms with Gasteiger partial charge in [0.2, 0.25) is 0 Å². The summed E-state index contributed by atoms with van der Waals surface area (Å²) in [7, 11) is 0. The Morgan fingerprint density at radius 1 is 1.21 bits per heavy atom. The molecular formula is C22H33NO. The zero-order chi connectivity index (χ0) is 16.9. The van der Waals surface area contributed by atoms with Gasteiger partial charge in [-0.3, -0.25) is 0 Å². The third-order valence-corrected chi connectivity index (χ3v) is 7.48. The number of aromatic hydroxyl groups is 1. The van der Waals surface area contributed by atoms with Crippen LogP contribution in [-0.4, -0.2) is 17.7 Å². The third-order valence-electron chi connectivity index (χ3n) is 7.48. The topological polar surface area (TPSA) is 32.3 Å². The van der Waals surface area contributed by atoms with E-state index in [4.69, 9.17) is 0 Å². The van der Waals surface area contributed by atoms with Gasteiger partial charge in [-0.15, -0.1) is 0 Å². The highest BCUT2D eigenvalue weighted by Gasteiger charge is 2.54. The second-order valence-electron chi connectivity index (χ2n) is 9.28. The Labute approximate surface area is 147 Å². The highest BCUT2D eigenvalue weighted by molar-refractivity contribution is 5.40. The predicted octanol–water partition coefficient (Wildman–Crippen LogP) is 4.86. The molecule has 2 N–H and O–H groups in total. The van der Waals surface area contributed by atoms with Crippen LogP contribution in [0.3, 0.4) is 0 Å². The summed E-state index contributed by atoms with van der Waals surface area (Å²) in [6.07, 6.45) is 7.92. The molecule has 3 aliphatic carbocycles. The van der Waals surface area contributed by atoms with Crippen molar-refractivity contribution < 1.29 is 5.11 Å². The molecule has 1 aromatic carbocycles. The van der Waals surface area contributed by atoms with Crippen LogP contribution in [0, 0.1) is 23.2 Å². The maximum absolute atomic E-state index is 9.81. The van der Waals surface area contributed by atoms with Gasteiger partial charge < -0.3 is 10.4 Å². The van der Waals surface area contributed by atoms with Crippen molar-refractivity contribution in [2.75, 3.05) is 6.54 Å². The van der Waals surface area contributed by atoms with Crippen molar-refractivity contribution in [1.82, 2.24) is 5.32 Å². The zero-order valence-electron chi connectivity index (χ0n) is 15.5. The zero-order valence-corrected chi connectivity index (χ0v) is 15.5. The van der Waals surface area contributed by atoms with Crippen LogP contribution in [0.2, 0.25) is 0 Å². The van der Waals surface area contributed by atoms with Gasteiger partial charge in [0.05, 0.1) is 0 Å².